The molecule has 0 aliphatic carbocycles. The second-order valence-electron chi connectivity index (χ2n) is 3.58. The predicted octanol–water partition coefficient (Wildman–Crippen LogP) is 1.21. The molecule has 1 amide bonds. The molecule has 0 atom stereocenters. The number of aromatic hydroxyl groups is 2. The summed E-state index contributed by atoms with van der Waals surface area (Å²) in [6.45, 7) is 3.29. The van der Waals surface area contributed by atoms with Crippen molar-refractivity contribution in [2.45, 2.75) is 6.92 Å². The van der Waals surface area contributed by atoms with Gasteiger partial charge in [0.25, 0.3) is 5.91 Å². The summed E-state index contributed by atoms with van der Waals surface area (Å²) in [4.78, 5) is 13.6. The second-order valence-corrected chi connectivity index (χ2v) is 3.58. The molecule has 0 unspecified atom stereocenters. The number of amides is 1. The first kappa shape index (κ1) is 13.3. The van der Waals surface area contributed by atoms with Crippen molar-refractivity contribution in [2.24, 2.45) is 0 Å². The van der Waals surface area contributed by atoms with Crippen molar-refractivity contribution in [3.8, 4) is 11.5 Å². The molecule has 0 bridgehead atoms. The minimum Gasteiger partial charge on any atom is -0.508 e. The highest BCUT2D eigenvalue weighted by atomic mass is 16.5. The van der Waals surface area contributed by atoms with Crippen LogP contribution in [0.4, 0.5) is 0 Å². The van der Waals surface area contributed by atoms with Gasteiger partial charge in [-0.05, 0) is 19.1 Å². The van der Waals surface area contributed by atoms with Gasteiger partial charge in [0.1, 0.15) is 11.5 Å². The fraction of sp³-hybridized carbons (Fsp3) is 0.417. The molecule has 0 saturated carbocycles. The van der Waals surface area contributed by atoms with Gasteiger partial charge in [-0.1, -0.05) is 0 Å². The molecule has 94 valence electrons. The molecule has 5 nitrogen and oxygen atoms in total. The lowest BCUT2D eigenvalue weighted by Gasteiger charge is -2.20. The molecule has 0 spiro atoms. The summed E-state index contributed by atoms with van der Waals surface area (Å²) in [5.74, 6) is -0.563. The van der Waals surface area contributed by atoms with E-state index in [4.69, 9.17) is 9.84 Å². The second kappa shape index (κ2) is 6.10. The number of phenols is 2. The molecule has 1 rings (SSSR count). The van der Waals surface area contributed by atoms with Crippen LogP contribution in [-0.4, -0.2) is 47.8 Å². The molecular weight excluding hydrogens is 222 g/mol. The summed E-state index contributed by atoms with van der Waals surface area (Å²) in [5.41, 5.74) is 0.181. The van der Waals surface area contributed by atoms with Gasteiger partial charge in [-0.2, -0.15) is 0 Å². The third-order valence-electron chi connectivity index (χ3n) is 2.45. The maximum absolute atomic E-state index is 12.0. The zero-order valence-corrected chi connectivity index (χ0v) is 10.0. The summed E-state index contributed by atoms with van der Waals surface area (Å²) < 4.78 is 4.91. The Labute approximate surface area is 100 Å². The lowest BCUT2D eigenvalue weighted by molar-refractivity contribution is 0.0703. The Balaban J connectivity index is 2.86. The Morgan fingerprint density at radius 1 is 1.41 bits per heavy atom. The molecule has 5 heteroatoms. The van der Waals surface area contributed by atoms with E-state index in [1.165, 1.54) is 12.1 Å². The van der Waals surface area contributed by atoms with Gasteiger partial charge in [0.05, 0.1) is 12.2 Å². The smallest absolute Gasteiger partial charge is 0.257 e. The highest BCUT2D eigenvalue weighted by Crippen LogP contribution is 2.23. The number of nitrogens with zero attached hydrogens (tertiary/aromatic N) is 1. The molecule has 0 saturated heterocycles. The Morgan fingerprint density at radius 2 is 2.12 bits per heavy atom. The van der Waals surface area contributed by atoms with Gasteiger partial charge in [-0.25, -0.2) is 0 Å². The monoisotopic (exact) mass is 239 g/mol. The number of ether oxygens (including phenoxy) is 1. The van der Waals surface area contributed by atoms with Gasteiger partial charge < -0.3 is 19.8 Å². The number of hydrogen-bond acceptors (Lipinski definition) is 4. The first-order valence-corrected chi connectivity index (χ1v) is 5.40. The number of phenolic OH excluding ortho intramolecular Hbond substituents is 2. The van der Waals surface area contributed by atoms with Crippen LogP contribution in [-0.2, 0) is 4.74 Å². The van der Waals surface area contributed by atoms with Crippen molar-refractivity contribution >= 4 is 5.91 Å². The maximum atomic E-state index is 12.0. The first-order valence-electron chi connectivity index (χ1n) is 5.40. The van der Waals surface area contributed by atoms with Crippen molar-refractivity contribution < 1.29 is 19.7 Å². The number of carbonyl (C=O) groups is 1. The van der Waals surface area contributed by atoms with E-state index in [0.29, 0.717) is 19.7 Å². The quantitative estimate of drug-likeness (QED) is 0.810. The summed E-state index contributed by atoms with van der Waals surface area (Å²) in [5, 5.41) is 18.7. The van der Waals surface area contributed by atoms with Gasteiger partial charge in [0.15, 0.2) is 0 Å². The summed E-state index contributed by atoms with van der Waals surface area (Å²) in [7, 11) is 1.57. The van der Waals surface area contributed by atoms with E-state index in [2.05, 4.69) is 0 Å². The van der Waals surface area contributed by atoms with Crippen LogP contribution in [0.5, 0.6) is 11.5 Å². The van der Waals surface area contributed by atoms with E-state index in [1.807, 2.05) is 6.92 Å². The molecule has 0 aromatic heterocycles. The summed E-state index contributed by atoms with van der Waals surface area (Å²) >= 11 is 0. The van der Waals surface area contributed by atoms with Gasteiger partial charge in [-0.15, -0.1) is 0 Å². The van der Waals surface area contributed by atoms with Crippen LogP contribution in [0.25, 0.3) is 0 Å². The van der Waals surface area contributed by atoms with Crippen LogP contribution in [0.3, 0.4) is 0 Å². The molecule has 0 heterocycles. The van der Waals surface area contributed by atoms with E-state index in [9.17, 15) is 9.90 Å². The highest BCUT2D eigenvalue weighted by Gasteiger charge is 2.17. The Bertz CT molecular complexity index is 392. The Kier molecular flexibility index (Phi) is 4.78. The van der Waals surface area contributed by atoms with Crippen LogP contribution in [0.15, 0.2) is 18.2 Å². The molecule has 1 aromatic rings. The topological polar surface area (TPSA) is 70.0 Å². The minimum atomic E-state index is -0.276. The molecule has 0 fully saturated rings. The number of hydrogen-bond donors (Lipinski definition) is 2. The van der Waals surface area contributed by atoms with Gasteiger partial charge in [0.2, 0.25) is 0 Å². The van der Waals surface area contributed by atoms with Crippen molar-refractivity contribution in [3.05, 3.63) is 23.8 Å². The highest BCUT2D eigenvalue weighted by molar-refractivity contribution is 5.97. The number of carbonyl (C=O) groups excluding carboxylic acids is 1. The van der Waals surface area contributed by atoms with Crippen LogP contribution < -0.4 is 0 Å². The van der Waals surface area contributed by atoms with E-state index in [-0.39, 0.29) is 23.0 Å². The van der Waals surface area contributed by atoms with Gasteiger partial charge >= 0.3 is 0 Å². The van der Waals surface area contributed by atoms with Crippen LogP contribution in [0.2, 0.25) is 0 Å². The van der Waals surface area contributed by atoms with Crippen LogP contribution in [0, 0.1) is 0 Å². The molecule has 0 aliphatic rings. The molecule has 0 aliphatic heterocycles. The lowest BCUT2D eigenvalue weighted by atomic mass is 10.1. The van der Waals surface area contributed by atoms with E-state index < -0.39 is 0 Å². The van der Waals surface area contributed by atoms with Crippen molar-refractivity contribution in [2.75, 3.05) is 26.8 Å². The third-order valence-corrected chi connectivity index (χ3v) is 2.45. The maximum Gasteiger partial charge on any atom is 0.257 e. The Morgan fingerprint density at radius 3 is 2.65 bits per heavy atom. The molecule has 17 heavy (non-hydrogen) atoms. The number of rotatable bonds is 5. The molecule has 2 N–H and O–H groups in total. The van der Waals surface area contributed by atoms with Crippen LogP contribution >= 0.6 is 0 Å². The summed E-state index contributed by atoms with van der Waals surface area (Å²) in [6, 6.07) is 3.93. The van der Waals surface area contributed by atoms with Crippen molar-refractivity contribution in [3.63, 3.8) is 0 Å². The van der Waals surface area contributed by atoms with E-state index in [1.54, 1.807) is 12.0 Å². The van der Waals surface area contributed by atoms with Crippen LogP contribution in [0.1, 0.15) is 17.3 Å². The average molecular weight is 239 g/mol. The van der Waals surface area contributed by atoms with Crippen molar-refractivity contribution in [1.82, 2.24) is 4.90 Å². The average Bonchev–Trinajstić information content (AvgIpc) is 2.29. The first-order chi connectivity index (χ1) is 8.10. The molecule has 1 aromatic carbocycles. The fourth-order valence-electron chi connectivity index (χ4n) is 1.48. The number of likely N-dealkylation sites (N-methyl/N-ethyl adjacent to an activating group) is 1. The molecular formula is C12H17NO4. The van der Waals surface area contributed by atoms with E-state index >= 15 is 0 Å². The van der Waals surface area contributed by atoms with Gasteiger partial charge in [-0.3, -0.25) is 4.79 Å². The largest absolute Gasteiger partial charge is 0.508 e. The summed E-state index contributed by atoms with van der Waals surface area (Å²) in [6.07, 6.45) is 0. The van der Waals surface area contributed by atoms with E-state index in [0.717, 1.165) is 6.07 Å². The molecule has 0 radical (unpaired) electrons. The zero-order valence-electron chi connectivity index (χ0n) is 10.0. The normalized spacial score (nSPS) is 10.2. The Hall–Kier alpha value is -1.75. The third kappa shape index (κ3) is 3.35. The fourth-order valence-corrected chi connectivity index (χ4v) is 1.48. The standard InChI is InChI=1S/C12H17NO4/c1-3-13(6-7-17-2)12(16)10-5-4-9(14)8-11(10)15/h4-5,8,14-15H,3,6-7H2,1-2H3. The number of methoxy groups -OCH3 is 1. The SMILES string of the molecule is CCN(CCOC)C(=O)c1ccc(O)cc1O. The van der Waals surface area contributed by atoms with Crippen molar-refractivity contribution in [1.29, 1.82) is 0 Å². The van der Waals surface area contributed by atoms with Gasteiger partial charge in [0, 0.05) is 26.3 Å². The zero-order chi connectivity index (χ0) is 12.8. The minimum absolute atomic E-state index is 0.0704. The predicted molar refractivity (Wildman–Crippen MR) is 63.2 cm³/mol. The number of benzene rings is 1. The lowest BCUT2D eigenvalue weighted by Crippen LogP contribution is -2.33.